The minimum absolute atomic E-state index is 0. The molecule has 1 atom stereocenters. The molecule has 0 bridgehead atoms. The van der Waals surface area contributed by atoms with E-state index in [1.807, 2.05) is 0 Å². The SMILES string of the molecule is CC(=O)N(C#N)C1CNC1=O.[NaH]. The number of β-lactam (4-membered cyclic amide) rings is 1. The summed E-state index contributed by atoms with van der Waals surface area (Å²) in [5.74, 6) is -0.658. The Labute approximate surface area is 92.0 Å². The molecule has 0 saturated carbocycles. The number of nitrogens with one attached hydrogen (secondary N) is 1. The Morgan fingerprint density at radius 1 is 1.83 bits per heavy atom. The molecule has 0 aliphatic carbocycles. The number of rotatable bonds is 1. The first-order valence-corrected chi connectivity index (χ1v) is 3.14. The molecule has 1 saturated heterocycles. The molecule has 0 aromatic carbocycles. The fraction of sp³-hybridized carbons (Fsp3) is 0.500. The third-order valence-electron chi connectivity index (χ3n) is 1.53. The summed E-state index contributed by atoms with van der Waals surface area (Å²) in [6, 6.07) is -0.572. The van der Waals surface area contributed by atoms with Crippen LogP contribution >= 0.6 is 0 Å². The standard InChI is InChI=1S/C6H7N3O2.Na.H/c1-4(10)9(3-7)5-2-8-6(5)11;;/h5H,2H2,1H3,(H,8,11);;. The molecule has 1 heterocycles. The Kier molecular flexibility index (Phi) is 4.24. The summed E-state index contributed by atoms with van der Waals surface area (Å²) in [4.78, 5) is 22.2. The molecule has 1 fully saturated rings. The molecule has 0 aromatic rings. The molecular weight excluding hydrogens is 169 g/mol. The second kappa shape index (κ2) is 4.45. The van der Waals surface area contributed by atoms with Gasteiger partial charge in [-0.05, 0) is 0 Å². The van der Waals surface area contributed by atoms with E-state index in [2.05, 4.69) is 5.32 Å². The third-order valence-corrected chi connectivity index (χ3v) is 1.53. The normalized spacial score (nSPS) is 19.3. The summed E-state index contributed by atoms with van der Waals surface area (Å²) >= 11 is 0. The second-order valence-electron chi connectivity index (χ2n) is 2.25. The van der Waals surface area contributed by atoms with Gasteiger partial charge in [0, 0.05) is 13.5 Å². The van der Waals surface area contributed by atoms with Gasteiger partial charge in [-0.1, -0.05) is 0 Å². The van der Waals surface area contributed by atoms with E-state index in [4.69, 9.17) is 5.26 Å². The quantitative estimate of drug-likeness (QED) is 0.221. The number of amides is 2. The van der Waals surface area contributed by atoms with Crippen molar-refractivity contribution in [3.05, 3.63) is 0 Å². The van der Waals surface area contributed by atoms with Crippen LogP contribution in [-0.2, 0) is 9.59 Å². The van der Waals surface area contributed by atoms with Crippen LogP contribution in [0.3, 0.4) is 0 Å². The van der Waals surface area contributed by atoms with Crippen molar-refractivity contribution in [2.75, 3.05) is 6.54 Å². The number of hydrogen-bond donors (Lipinski definition) is 1. The van der Waals surface area contributed by atoms with Gasteiger partial charge in [-0.25, -0.2) is 4.90 Å². The predicted molar refractivity (Wildman–Crippen MR) is 42.1 cm³/mol. The van der Waals surface area contributed by atoms with Crippen molar-refractivity contribution in [3.63, 3.8) is 0 Å². The molecule has 0 aromatic heterocycles. The topological polar surface area (TPSA) is 73.2 Å². The van der Waals surface area contributed by atoms with E-state index in [1.54, 1.807) is 6.19 Å². The molecule has 1 rings (SSSR count). The average molecular weight is 177 g/mol. The van der Waals surface area contributed by atoms with Gasteiger partial charge >= 0.3 is 29.6 Å². The zero-order valence-corrected chi connectivity index (χ0v) is 6.00. The fourth-order valence-electron chi connectivity index (χ4n) is 0.845. The Morgan fingerprint density at radius 2 is 2.42 bits per heavy atom. The molecule has 60 valence electrons. The molecule has 5 nitrogen and oxygen atoms in total. The summed E-state index contributed by atoms with van der Waals surface area (Å²) < 4.78 is 0. The van der Waals surface area contributed by atoms with Gasteiger partial charge < -0.3 is 5.32 Å². The van der Waals surface area contributed by atoms with Gasteiger partial charge in [0.05, 0.1) is 0 Å². The van der Waals surface area contributed by atoms with Crippen LogP contribution in [-0.4, -0.2) is 58.9 Å². The number of carbonyl (C=O) groups excluding carboxylic acids is 2. The van der Waals surface area contributed by atoms with Crippen LogP contribution in [0.25, 0.3) is 0 Å². The van der Waals surface area contributed by atoms with E-state index >= 15 is 0 Å². The molecular formula is C6H8N3NaO2. The Bertz CT molecular complexity index is 248. The predicted octanol–water partition coefficient (Wildman–Crippen LogP) is -1.83. The maximum atomic E-state index is 10.7. The summed E-state index contributed by atoms with van der Waals surface area (Å²) in [5, 5.41) is 10.9. The van der Waals surface area contributed by atoms with Crippen LogP contribution < -0.4 is 5.32 Å². The minimum atomic E-state index is -0.572. The van der Waals surface area contributed by atoms with Gasteiger partial charge in [0.1, 0.15) is 6.04 Å². The average Bonchev–Trinajstić information content (AvgIpc) is 1.96. The molecule has 1 aliphatic rings. The summed E-state index contributed by atoms with van der Waals surface area (Å²) in [6.45, 7) is 1.64. The molecule has 0 spiro atoms. The first kappa shape index (κ1) is 11.4. The zero-order chi connectivity index (χ0) is 8.43. The monoisotopic (exact) mass is 177 g/mol. The third kappa shape index (κ3) is 1.97. The van der Waals surface area contributed by atoms with Crippen molar-refractivity contribution in [3.8, 4) is 6.19 Å². The molecule has 12 heavy (non-hydrogen) atoms. The Morgan fingerprint density at radius 3 is 2.50 bits per heavy atom. The number of nitriles is 1. The molecule has 1 unspecified atom stereocenters. The van der Waals surface area contributed by atoms with Gasteiger partial charge in [0.2, 0.25) is 11.8 Å². The van der Waals surface area contributed by atoms with Gasteiger partial charge in [-0.15, -0.1) is 0 Å². The van der Waals surface area contributed by atoms with Crippen molar-refractivity contribution in [2.45, 2.75) is 13.0 Å². The van der Waals surface area contributed by atoms with Crippen LogP contribution in [0.5, 0.6) is 0 Å². The Balaban J connectivity index is 0.00000121. The number of hydrogen-bond acceptors (Lipinski definition) is 3. The first-order valence-electron chi connectivity index (χ1n) is 3.14. The molecule has 0 radical (unpaired) electrons. The van der Waals surface area contributed by atoms with Gasteiger partial charge in [0.15, 0.2) is 6.19 Å². The van der Waals surface area contributed by atoms with E-state index in [0.29, 0.717) is 6.54 Å². The summed E-state index contributed by atoms with van der Waals surface area (Å²) in [5.41, 5.74) is 0. The molecule has 1 N–H and O–H groups in total. The van der Waals surface area contributed by atoms with Crippen LogP contribution in [0, 0.1) is 11.5 Å². The van der Waals surface area contributed by atoms with E-state index in [1.165, 1.54) is 6.92 Å². The molecule has 6 heteroatoms. The zero-order valence-electron chi connectivity index (χ0n) is 6.00. The summed E-state index contributed by atoms with van der Waals surface area (Å²) in [6.07, 6.45) is 1.66. The van der Waals surface area contributed by atoms with Crippen molar-refractivity contribution in [1.82, 2.24) is 10.2 Å². The van der Waals surface area contributed by atoms with Crippen LogP contribution in [0.2, 0.25) is 0 Å². The van der Waals surface area contributed by atoms with Crippen molar-refractivity contribution >= 4 is 41.4 Å². The van der Waals surface area contributed by atoms with E-state index in [-0.39, 0.29) is 35.5 Å². The van der Waals surface area contributed by atoms with Gasteiger partial charge in [-0.2, -0.15) is 5.26 Å². The van der Waals surface area contributed by atoms with Gasteiger partial charge in [-0.3, -0.25) is 9.59 Å². The van der Waals surface area contributed by atoms with Crippen LogP contribution in [0.4, 0.5) is 0 Å². The Hall–Kier alpha value is -0.570. The van der Waals surface area contributed by atoms with Crippen molar-refractivity contribution in [1.29, 1.82) is 5.26 Å². The molecule has 1 aliphatic heterocycles. The number of nitrogens with zero attached hydrogens (tertiary/aromatic N) is 2. The molecule has 2 amide bonds. The fourth-order valence-corrected chi connectivity index (χ4v) is 0.845. The van der Waals surface area contributed by atoms with Gasteiger partial charge in [0.25, 0.3) is 0 Å². The van der Waals surface area contributed by atoms with Crippen LogP contribution in [0.1, 0.15) is 6.92 Å². The van der Waals surface area contributed by atoms with Crippen molar-refractivity contribution in [2.24, 2.45) is 0 Å². The first-order chi connectivity index (χ1) is 5.16. The van der Waals surface area contributed by atoms with Crippen LogP contribution in [0.15, 0.2) is 0 Å². The number of carbonyl (C=O) groups is 2. The van der Waals surface area contributed by atoms with E-state index in [0.717, 1.165) is 4.90 Å². The second-order valence-corrected chi connectivity index (χ2v) is 2.25. The van der Waals surface area contributed by atoms with E-state index < -0.39 is 11.9 Å². The maximum absolute atomic E-state index is 10.7. The summed E-state index contributed by atoms with van der Waals surface area (Å²) in [7, 11) is 0. The van der Waals surface area contributed by atoms with E-state index in [9.17, 15) is 9.59 Å². The van der Waals surface area contributed by atoms with Crippen molar-refractivity contribution < 1.29 is 9.59 Å².